The molecule has 2 N–H and O–H groups in total. The molecule has 9 nitrogen and oxygen atoms in total. The number of hydrogen-bond acceptors (Lipinski definition) is 7. The van der Waals surface area contributed by atoms with Gasteiger partial charge in [0.15, 0.2) is 0 Å². The van der Waals surface area contributed by atoms with Crippen molar-refractivity contribution in [2.45, 2.75) is 37.1 Å². The minimum atomic E-state index is -1.48. The van der Waals surface area contributed by atoms with Crippen molar-refractivity contribution in [1.82, 2.24) is 19.9 Å². The van der Waals surface area contributed by atoms with E-state index in [4.69, 9.17) is 9.94 Å². The van der Waals surface area contributed by atoms with Gasteiger partial charge in [0.25, 0.3) is 11.5 Å². The number of aromatic nitrogens is 2. The minimum Gasteiger partial charge on any atom is -0.476 e. The van der Waals surface area contributed by atoms with Gasteiger partial charge in [0.2, 0.25) is 5.88 Å². The SMILES string of the molecule is CN(CCOc1ccc(-c2ccc3c(=O)n(CCC(C(=O)NO)S(C)=O)ccc3c2)cn1)C1CC1. The van der Waals surface area contributed by atoms with Crippen LogP contribution in [0.2, 0.25) is 0 Å². The van der Waals surface area contributed by atoms with Crippen LogP contribution in [0, 0.1) is 0 Å². The maximum absolute atomic E-state index is 12.9. The van der Waals surface area contributed by atoms with E-state index >= 15 is 0 Å². The molecule has 1 aliphatic carbocycles. The molecule has 2 aromatic heterocycles. The lowest BCUT2D eigenvalue weighted by Crippen LogP contribution is -2.36. The molecule has 0 bridgehead atoms. The predicted octanol–water partition coefficient (Wildman–Crippen LogP) is 2.18. The molecule has 0 radical (unpaired) electrons. The van der Waals surface area contributed by atoms with Crippen LogP contribution in [0.1, 0.15) is 19.3 Å². The second-order valence-corrected chi connectivity index (χ2v) is 10.4. The average molecular weight is 499 g/mol. The van der Waals surface area contributed by atoms with Crippen LogP contribution in [-0.4, -0.2) is 67.5 Å². The largest absolute Gasteiger partial charge is 0.476 e. The summed E-state index contributed by atoms with van der Waals surface area (Å²) in [5, 5.41) is 9.28. The van der Waals surface area contributed by atoms with Crippen LogP contribution in [0.4, 0.5) is 0 Å². The summed E-state index contributed by atoms with van der Waals surface area (Å²) < 4.78 is 19.1. The van der Waals surface area contributed by atoms with Crippen LogP contribution >= 0.6 is 0 Å². The molecule has 0 aliphatic heterocycles. The van der Waals surface area contributed by atoms with E-state index in [1.165, 1.54) is 29.1 Å². The van der Waals surface area contributed by atoms with Crippen molar-refractivity contribution in [3.63, 3.8) is 0 Å². The molecule has 186 valence electrons. The van der Waals surface area contributed by atoms with Gasteiger partial charge in [-0.15, -0.1) is 0 Å². The first kappa shape index (κ1) is 25.0. The Balaban J connectivity index is 1.43. The minimum absolute atomic E-state index is 0.163. The normalized spacial score (nSPS) is 15.2. The number of carbonyl (C=O) groups is 1. The number of hydrogen-bond donors (Lipinski definition) is 2. The van der Waals surface area contributed by atoms with E-state index in [9.17, 15) is 13.8 Å². The number of aryl methyl sites for hydroxylation is 1. The highest BCUT2D eigenvalue weighted by Crippen LogP contribution is 2.26. The van der Waals surface area contributed by atoms with Gasteiger partial charge in [0.1, 0.15) is 11.9 Å². The molecular weight excluding hydrogens is 468 g/mol. The summed E-state index contributed by atoms with van der Waals surface area (Å²) in [6.07, 6.45) is 7.53. The van der Waals surface area contributed by atoms with Gasteiger partial charge in [0.05, 0.1) is 0 Å². The van der Waals surface area contributed by atoms with Gasteiger partial charge in [0, 0.05) is 65.6 Å². The Morgan fingerprint density at radius 2 is 2.06 bits per heavy atom. The molecule has 1 aliphatic rings. The second-order valence-electron chi connectivity index (χ2n) is 8.81. The van der Waals surface area contributed by atoms with Gasteiger partial charge in [-0.1, -0.05) is 6.07 Å². The third kappa shape index (κ3) is 6.14. The Morgan fingerprint density at radius 1 is 1.29 bits per heavy atom. The lowest BCUT2D eigenvalue weighted by molar-refractivity contribution is -0.128. The first-order valence-corrected chi connectivity index (χ1v) is 13.2. The molecule has 2 atom stereocenters. The van der Waals surface area contributed by atoms with Crippen molar-refractivity contribution in [3.8, 4) is 17.0 Å². The summed E-state index contributed by atoms with van der Waals surface area (Å²) in [5.74, 6) is -0.136. The highest BCUT2D eigenvalue weighted by Gasteiger charge is 2.25. The highest BCUT2D eigenvalue weighted by molar-refractivity contribution is 7.85. The third-order valence-corrected chi connectivity index (χ3v) is 7.60. The number of ether oxygens (including phenoxy) is 1. The van der Waals surface area contributed by atoms with Gasteiger partial charge in [-0.2, -0.15) is 0 Å². The van der Waals surface area contributed by atoms with E-state index in [1.54, 1.807) is 18.5 Å². The fraction of sp³-hybridized carbons (Fsp3) is 0.400. The number of rotatable bonds is 11. The van der Waals surface area contributed by atoms with E-state index in [-0.39, 0.29) is 18.5 Å². The smallest absolute Gasteiger partial charge is 0.259 e. The summed E-state index contributed by atoms with van der Waals surface area (Å²) in [6, 6.07) is 11.9. The first-order valence-electron chi connectivity index (χ1n) is 11.6. The average Bonchev–Trinajstić information content (AvgIpc) is 3.71. The van der Waals surface area contributed by atoms with Crippen molar-refractivity contribution < 1.29 is 18.9 Å². The summed E-state index contributed by atoms with van der Waals surface area (Å²) in [5.41, 5.74) is 3.19. The van der Waals surface area contributed by atoms with Gasteiger partial charge in [-0.25, -0.2) is 10.5 Å². The molecule has 4 rings (SSSR count). The zero-order chi connectivity index (χ0) is 24.9. The van der Waals surface area contributed by atoms with Crippen LogP contribution in [-0.2, 0) is 22.1 Å². The number of nitrogens with zero attached hydrogens (tertiary/aromatic N) is 3. The quantitative estimate of drug-likeness (QED) is 0.308. The predicted molar refractivity (Wildman–Crippen MR) is 135 cm³/mol. The molecule has 2 unspecified atom stereocenters. The van der Waals surface area contributed by atoms with E-state index in [0.717, 1.165) is 23.1 Å². The molecule has 1 saturated carbocycles. The van der Waals surface area contributed by atoms with E-state index in [0.29, 0.717) is 23.9 Å². The number of hydroxylamine groups is 1. The number of fused-ring (bicyclic) bond motifs is 1. The molecule has 10 heteroatoms. The van der Waals surface area contributed by atoms with Gasteiger partial charge < -0.3 is 14.2 Å². The number of nitrogens with one attached hydrogen (secondary N) is 1. The number of carbonyl (C=O) groups excluding carboxylic acids is 1. The lowest BCUT2D eigenvalue weighted by atomic mass is 10.0. The van der Waals surface area contributed by atoms with Gasteiger partial charge in [-0.05, 0) is 61.5 Å². The van der Waals surface area contributed by atoms with Crippen molar-refractivity contribution in [2.75, 3.05) is 26.5 Å². The summed E-state index contributed by atoms with van der Waals surface area (Å²) in [4.78, 5) is 31.4. The molecule has 1 amide bonds. The van der Waals surface area contributed by atoms with Gasteiger partial charge in [-0.3, -0.25) is 19.0 Å². The van der Waals surface area contributed by atoms with Crippen molar-refractivity contribution in [1.29, 1.82) is 0 Å². The Bertz CT molecular complexity index is 1270. The van der Waals surface area contributed by atoms with Crippen molar-refractivity contribution in [3.05, 3.63) is 59.1 Å². The molecule has 1 fully saturated rings. The number of likely N-dealkylation sites (N-methyl/N-ethyl adjacent to an activating group) is 1. The second kappa shape index (κ2) is 11.1. The summed E-state index contributed by atoms with van der Waals surface area (Å²) in [6.45, 7) is 1.68. The number of amides is 1. The zero-order valence-electron chi connectivity index (χ0n) is 19.8. The Kier molecular flexibility index (Phi) is 7.94. The molecule has 2 heterocycles. The molecule has 0 spiro atoms. The van der Waals surface area contributed by atoms with Crippen LogP contribution < -0.4 is 15.8 Å². The maximum Gasteiger partial charge on any atom is 0.259 e. The van der Waals surface area contributed by atoms with E-state index in [2.05, 4.69) is 16.9 Å². The monoisotopic (exact) mass is 498 g/mol. The topological polar surface area (TPSA) is 114 Å². The first-order chi connectivity index (χ1) is 16.9. The lowest BCUT2D eigenvalue weighted by Gasteiger charge is -2.15. The maximum atomic E-state index is 12.9. The molecule has 35 heavy (non-hydrogen) atoms. The third-order valence-electron chi connectivity index (χ3n) is 6.35. The van der Waals surface area contributed by atoms with Crippen LogP contribution in [0.3, 0.4) is 0 Å². The fourth-order valence-electron chi connectivity index (χ4n) is 4.05. The Morgan fingerprint density at radius 3 is 2.71 bits per heavy atom. The molecular formula is C25H30N4O5S. The Labute approximate surface area is 206 Å². The molecule has 1 aromatic carbocycles. The molecule has 0 saturated heterocycles. The van der Waals surface area contributed by atoms with Crippen molar-refractivity contribution >= 4 is 27.5 Å². The van der Waals surface area contributed by atoms with Crippen molar-refractivity contribution in [2.24, 2.45) is 0 Å². The fourth-order valence-corrected chi connectivity index (χ4v) is 4.84. The highest BCUT2D eigenvalue weighted by atomic mass is 32.2. The zero-order valence-corrected chi connectivity index (χ0v) is 20.7. The number of benzene rings is 1. The summed E-state index contributed by atoms with van der Waals surface area (Å²) >= 11 is 0. The van der Waals surface area contributed by atoms with E-state index < -0.39 is 22.0 Å². The van der Waals surface area contributed by atoms with Crippen LogP contribution in [0.25, 0.3) is 21.9 Å². The van der Waals surface area contributed by atoms with E-state index in [1.807, 2.05) is 30.3 Å². The van der Waals surface area contributed by atoms with Crippen LogP contribution in [0.5, 0.6) is 5.88 Å². The number of pyridine rings is 2. The van der Waals surface area contributed by atoms with Crippen LogP contribution in [0.15, 0.2) is 53.6 Å². The summed E-state index contributed by atoms with van der Waals surface area (Å²) in [7, 11) is 0.642. The molecule has 3 aromatic rings. The van der Waals surface area contributed by atoms with Gasteiger partial charge >= 0.3 is 0 Å². The Hall–Kier alpha value is -3.08. The standard InChI is InChI=1S/C25H30N4O5S/c1-28(20-5-6-20)13-14-34-23-8-4-19(16-26-23)17-3-7-21-18(15-17)9-11-29(25(21)31)12-10-22(35(2)33)24(30)27-32/h3-4,7-9,11,15-16,20,22,32H,5-6,10,12-14H2,1-2H3,(H,27,30).